The number of hydrogen-bond donors (Lipinski definition) is 1. The van der Waals surface area contributed by atoms with E-state index in [1.165, 1.54) is 0 Å². The zero-order chi connectivity index (χ0) is 12.9. The van der Waals surface area contributed by atoms with Gasteiger partial charge in [0.05, 0.1) is 5.75 Å². The second-order valence-electron chi connectivity index (χ2n) is 4.59. The van der Waals surface area contributed by atoms with Gasteiger partial charge in [-0.2, -0.15) is 4.31 Å². The van der Waals surface area contributed by atoms with Gasteiger partial charge < -0.3 is 5.11 Å². The zero-order valence-corrected chi connectivity index (χ0v) is 11.6. The molecule has 1 saturated heterocycles. The third-order valence-corrected chi connectivity index (χ3v) is 5.40. The maximum atomic E-state index is 11.9. The first-order valence-corrected chi connectivity index (χ1v) is 7.95. The van der Waals surface area contributed by atoms with Crippen molar-refractivity contribution in [3.8, 4) is 0 Å². The summed E-state index contributed by atoms with van der Waals surface area (Å²) in [4.78, 5) is 2.33. The van der Waals surface area contributed by atoms with Gasteiger partial charge in [-0.15, -0.1) is 0 Å². The van der Waals surface area contributed by atoms with Gasteiger partial charge in [-0.05, 0) is 19.8 Å². The van der Waals surface area contributed by atoms with Gasteiger partial charge in [0, 0.05) is 38.8 Å². The van der Waals surface area contributed by atoms with E-state index in [1.54, 1.807) is 4.31 Å². The van der Waals surface area contributed by atoms with E-state index in [0.717, 1.165) is 19.5 Å². The minimum absolute atomic E-state index is 0.0623. The summed E-state index contributed by atoms with van der Waals surface area (Å²) in [5, 5.41) is 8.68. The summed E-state index contributed by atoms with van der Waals surface area (Å²) in [6, 6.07) is 0.525. The molecule has 0 aliphatic carbocycles. The molecule has 0 aromatic heterocycles. The Hall–Kier alpha value is -0.170. The molecule has 0 aromatic carbocycles. The Balaban J connectivity index is 2.46. The number of sulfonamides is 1. The van der Waals surface area contributed by atoms with Crippen molar-refractivity contribution in [1.29, 1.82) is 0 Å². The van der Waals surface area contributed by atoms with Crippen molar-refractivity contribution in [2.24, 2.45) is 0 Å². The third kappa shape index (κ3) is 4.21. The molecule has 1 fully saturated rings. The molecule has 0 aromatic rings. The summed E-state index contributed by atoms with van der Waals surface area (Å²) < 4.78 is 25.3. The first-order valence-electron chi connectivity index (χ1n) is 6.34. The van der Waals surface area contributed by atoms with Crippen LogP contribution in [-0.2, 0) is 10.0 Å². The maximum Gasteiger partial charge on any atom is 0.214 e. The molecule has 6 heteroatoms. The standard InChI is InChI=1S/C11H24N2O3S/c1-3-11(2)12-5-7-13(8-6-12)17(15,16)10-4-9-14/h11,14H,3-10H2,1-2H3. The lowest BCUT2D eigenvalue weighted by Crippen LogP contribution is -2.51. The van der Waals surface area contributed by atoms with Gasteiger partial charge in [0.25, 0.3) is 0 Å². The van der Waals surface area contributed by atoms with Crippen LogP contribution in [0.5, 0.6) is 0 Å². The van der Waals surface area contributed by atoms with Gasteiger partial charge in [-0.3, -0.25) is 4.90 Å². The highest BCUT2D eigenvalue weighted by molar-refractivity contribution is 7.89. The molecule has 0 amide bonds. The van der Waals surface area contributed by atoms with Gasteiger partial charge >= 0.3 is 0 Å². The van der Waals surface area contributed by atoms with Crippen LogP contribution >= 0.6 is 0 Å². The van der Waals surface area contributed by atoms with Crippen molar-refractivity contribution < 1.29 is 13.5 Å². The molecule has 1 aliphatic rings. The monoisotopic (exact) mass is 264 g/mol. The van der Waals surface area contributed by atoms with Crippen molar-refractivity contribution in [2.45, 2.75) is 32.7 Å². The van der Waals surface area contributed by atoms with Gasteiger partial charge in [-0.1, -0.05) is 6.92 Å². The Labute approximate surface area is 104 Å². The molecule has 1 aliphatic heterocycles. The second-order valence-corrected chi connectivity index (χ2v) is 6.67. The molecule has 1 atom stereocenters. The summed E-state index contributed by atoms with van der Waals surface area (Å²) in [5.41, 5.74) is 0. The van der Waals surface area contributed by atoms with Crippen LogP contribution in [0, 0.1) is 0 Å². The number of piperazine rings is 1. The molecule has 5 nitrogen and oxygen atoms in total. The molecule has 0 spiro atoms. The fourth-order valence-electron chi connectivity index (χ4n) is 2.06. The number of aliphatic hydroxyl groups is 1. The van der Waals surface area contributed by atoms with E-state index in [4.69, 9.17) is 5.11 Å². The van der Waals surface area contributed by atoms with Gasteiger partial charge in [0.15, 0.2) is 0 Å². The smallest absolute Gasteiger partial charge is 0.214 e. The van der Waals surface area contributed by atoms with Gasteiger partial charge in [0.2, 0.25) is 10.0 Å². The Morgan fingerprint density at radius 1 is 1.24 bits per heavy atom. The highest BCUT2D eigenvalue weighted by Crippen LogP contribution is 2.12. The summed E-state index contributed by atoms with van der Waals surface area (Å²) in [6.07, 6.45) is 1.42. The Morgan fingerprint density at radius 3 is 2.29 bits per heavy atom. The Kier molecular flexibility index (Phi) is 5.85. The molecular formula is C11H24N2O3S. The minimum atomic E-state index is -3.15. The van der Waals surface area contributed by atoms with Crippen LogP contribution in [0.2, 0.25) is 0 Å². The average Bonchev–Trinajstić information content (AvgIpc) is 2.35. The molecule has 102 valence electrons. The number of hydrogen-bond acceptors (Lipinski definition) is 4. The van der Waals surface area contributed by atoms with E-state index in [0.29, 0.717) is 25.6 Å². The molecule has 17 heavy (non-hydrogen) atoms. The summed E-state index contributed by atoms with van der Waals surface area (Å²) in [5.74, 6) is 0.0623. The Bertz CT molecular complexity index is 311. The SMILES string of the molecule is CCC(C)N1CCN(S(=O)(=O)CCCO)CC1. The van der Waals surface area contributed by atoms with E-state index in [-0.39, 0.29) is 12.4 Å². The lowest BCUT2D eigenvalue weighted by Gasteiger charge is -2.37. The van der Waals surface area contributed by atoms with E-state index < -0.39 is 10.0 Å². The van der Waals surface area contributed by atoms with Crippen LogP contribution in [-0.4, -0.2) is 67.3 Å². The molecule has 0 bridgehead atoms. The first-order chi connectivity index (χ1) is 8.01. The van der Waals surface area contributed by atoms with Crippen LogP contribution in [0.15, 0.2) is 0 Å². The van der Waals surface area contributed by atoms with E-state index >= 15 is 0 Å². The van der Waals surface area contributed by atoms with Crippen LogP contribution < -0.4 is 0 Å². The molecular weight excluding hydrogens is 240 g/mol. The van der Waals surface area contributed by atoms with Gasteiger partial charge in [-0.25, -0.2) is 8.42 Å². The highest BCUT2D eigenvalue weighted by Gasteiger charge is 2.27. The molecule has 1 rings (SSSR count). The largest absolute Gasteiger partial charge is 0.396 e. The fraction of sp³-hybridized carbons (Fsp3) is 1.00. The number of rotatable bonds is 6. The third-order valence-electron chi connectivity index (χ3n) is 3.44. The topological polar surface area (TPSA) is 60.9 Å². The quantitative estimate of drug-likeness (QED) is 0.740. The van der Waals surface area contributed by atoms with E-state index in [1.807, 2.05) is 0 Å². The molecule has 0 saturated carbocycles. The van der Waals surface area contributed by atoms with Crippen molar-refractivity contribution in [3.05, 3.63) is 0 Å². The lowest BCUT2D eigenvalue weighted by molar-refractivity contribution is 0.142. The zero-order valence-electron chi connectivity index (χ0n) is 10.8. The van der Waals surface area contributed by atoms with Crippen LogP contribution in [0.4, 0.5) is 0 Å². The average molecular weight is 264 g/mol. The van der Waals surface area contributed by atoms with Crippen molar-refractivity contribution >= 4 is 10.0 Å². The number of aliphatic hydroxyl groups excluding tert-OH is 1. The molecule has 1 unspecified atom stereocenters. The van der Waals surface area contributed by atoms with Crippen molar-refractivity contribution in [2.75, 3.05) is 38.5 Å². The van der Waals surface area contributed by atoms with E-state index in [2.05, 4.69) is 18.7 Å². The van der Waals surface area contributed by atoms with Crippen molar-refractivity contribution in [1.82, 2.24) is 9.21 Å². The summed E-state index contributed by atoms with van der Waals surface area (Å²) in [7, 11) is -3.15. The van der Waals surface area contributed by atoms with Crippen molar-refractivity contribution in [3.63, 3.8) is 0 Å². The maximum absolute atomic E-state index is 11.9. The minimum Gasteiger partial charge on any atom is -0.396 e. The highest BCUT2D eigenvalue weighted by atomic mass is 32.2. The van der Waals surface area contributed by atoms with Crippen LogP contribution in [0.3, 0.4) is 0 Å². The fourth-order valence-corrected chi connectivity index (χ4v) is 3.53. The second kappa shape index (κ2) is 6.68. The number of nitrogens with zero attached hydrogens (tertiary/aromatic N) is 2. The predicted molar refractivity (Wildman–Crippen MR) is 68.4 cm³/mol. The molecule has 1 heterocycles. The van der Waals surface area contributed by atoms with Crippen LogP contribution in [0.25, 0.3) is 0 Å². The Morgan fingerprint density at radius 2 is 1.82 bits per heavy atom. The van der Waals surface area contributed by atoms with E-state index in [9.17, 15) is 8.42 Å². The first kappa shape index (κ1) is 14.9. The molecule has 1 N–H and O–H groups in total. The normalized spacial score (nSPS) is 21.6. The summed E-state index contributed by atoms with van der Waals surface area (Å²) in [6.45, 7) is 7.05. The summed E-state index contributed by atoms with van der Waals surface area (Å²) >= 11 is 0. The predicted octanol–water partition coefficient (Wildman–Crippen LogP) is 0.115. The van der Waals surface area contributed by atoms with Gasteiger partial charge in [0.1, 0.15) is 0 Å². The van der Waals surface area contributed by atoms with Crippen LogP contribution in [0.1, 0.15) is 26.7 Å². The molecule has 0 radical (unpaired) electrons. The lowest BCUT2D eigenvalue weighted by atomic mass is 10.2.